The Kier molecular flexibility index (Phi) is 2.63. The van der Waals surface area contributed by atoms with E-state index in [4.69, 9.17) is 5.11 Å². The number of carboxylic acids is 1. The van der Waals surface area contributed by atoms with Crippen molar-refractivity contribution in [1.82, 2.24) is 9.38 Å². The topological polar surface area (TPSA) is 101 Å². The highest BCUT2D eigenvalue weighted by Gasteiger charge is 2.36. The van der Waals surface area contributed by atoms with E-state index in [9.17, 15) is 14.9 Å². The van der Waals surface area contributed by atoms with Crippen molar-refractivity contribution < 1.29 is 14.8 Å². The first-order chi connectivity index (χ1) is 9.06. The number of anilines is 1. The maximum absolute atomic E-state index is 11.1. The summed E-state index contributed by atoms with van der Waals surface area (Å²) in [5.41, 5.74) is 0. The molecular weight excluding hydrogens is 272 g/mol. The Morgan fingerprint density at radius 3 is 3.00 bits per heavy atom. The van der Waals surface area contributed by atoms with E-state index >= 15 is 0 Å². The van der Waals surface area contributed by atoms with Gasteiger partial charge in [0.05, 0.1) is 6.42 Å². The summed E-state index contributed by atoms with van der Waals surface area (Å²) in [4.78, 5) is 27.8. The Morgan fingerprint density at radius 1 is 1.63 bits per heavy atom. The molecule has 9 heteroatoms. The predicted octanol–water partition coefficient (Wildman–Crippen LogP) is 1.21. The standard InChI is InChI=1S/C10H10N4O4S/c15-7(16)3-6-4-12(5-6)8-9(14(17)18)13-1-2-19-10(13)11-8/h1-2,6H,3-5H2,(H,15,16). The highest BCUT2D eigenvalue weighted by atomic mass is 32.1. The van der Waals surface area contributed by atoms with Gasteiger partial charge in [0.1, 0.15) is 6.20 Å². The SMILES string of the molecule is O=C(O)CC1CN(c2nc3sccn3c2[N+](=O)[O-])C1. The second kappa shape index (κ2) is 4.19. The van der Waals surface area contributed by atoms with Gasteiger partial charge in [-0.15, -0.1) is 0 Å². The molecule has 1 aliphatic heterocycles. The molecule has 100 valence electrons. The fourth-order valence-corrected chi connectivity index (χ4v) is 2.97. The van der Waals surface area contributed by atoms with E-state index in [1.165, 1.54) is 15.7 Å². The van der Waals surface area contributed by atoms with Crippen molar-refractivity contribution in [3.05, 3.63) is 21.7 Å². The van der Waals surface area contributed by atoms with E-state index in [0.717, 1.165) is 0 Å². The van der Waals surface area contributed by atoms with Crippen molar-refractivity contribution in [2.75, 3.05) is 18.0 Å². The first-order valence-electron chi connectivity index (χ1n) is 5.63. The molecule has 0 aromatic carbocycles. The van der Waals surface area contributed by atoms with E-state index in [1.54, 1.807) is 16.5 Å². The number of aliphatic carboxylic acids is 1. The molecule has 19 heavy (non-hydrogen) atoms. The van der Waals surface area contributed by atoms with Gasteiger partial charge in [0.15, 0.2) is 0 Å². The third kappa shape index (κ3) is 1.91. The van der Waals surface area contributed by atoms with E-state index in [2.05, 4.69) is 4.98 Å². The Balaban J connectivity index is 1.86. The molecule has 0 atom stereocenters. The number of nitrogens with zero attached hydrogens (tertiary/aromatic N) is 4. The lowest BCUT2D eigenvalue weighted by Gasteiger charge is -2.38. The normalized spacial score (nSPS) is 15.7. The zero-order chi connectivity index (χ0) is 13.6. The third-order valence-corrected chi connectivity index (χ3v) is 3.87. The minimum absolute atomic E-state index is 0.0387. The lowest BCUT2D eigenvalue weighted by Crippen LogP contribution is -2.48. The average Bonchev–Trinajstić information content (AvgIpc) is 2.80. The highest BCUT2D eigenvalue weighted by molar-refractivity contribution is 7.15. The van der Waals surface area contributed by atoms with Gasteiger partial charge in [0.2, 0.25) is 5.82 Å². The highest BCUT2D eigenvalue weighted by Crippen LogP contribution is 2.35. The number of hydrogen-bond donors (Lipinski definition) is 1. The number of fused-ring (bicyclic) bond motifs is 1. The summed E-state index contributed by atoms with van der Waals surface area (Å²) in [5.74, 6) is -0.523. The average molecular weight is 282 g/mol. The number of imidazole rings is 1. The summed E-state index contributed by atoms with van der Waals surface area (Å²) in [5, 5.41) is 21.6. The minimum atomic E-state index is -0.843. The smallest absolute Gasteiger partial charge is 0.373 e. The molecule has 3 heterocycles. The minimum Gasteiger partial charge on any atom is -0.481 e. The molecule has 0 bridgehead atoms. The van der Waals surface area contributed by atoms with Crippen LogP contribution in [0.1, 0.15) is 6.42 Å². The number of aromatic nitrogens is 2. The molecular formula is C10H10N4O4S. The number of nitro groups is 1. The number of carboxylic acid groups (broad SMARTS) is 1. The van der Waals surface area contributed by atoms with Crippen molar-refractivity contribution in [1.29, 1.82) is 0 Å². The van der Waals surface area contributed by atoms with E-state index in [0.29, 0.717) is 23.9 Å². The van der Waals surface area contributed by atoms with Crippen LogP contribution in [0.3, 0.4) is 0 Å². The van der Waals surface area contributed by atoms with Gasteiger partial charge < -0.3 is 20.1 Å². The molecule has 8 nitrogen and oxygen atoms in total. The monoisotopic (exact) mass is 282 g/mol. The van der Waals surface area contributed by atoms with Gasteiger partial charge in [0, 0.05) is 24.4 Å². The van der Waals surface area contributed by atoms with Gasteiger partial charge in [0.25, 0.3) is 4.96 Å². The molecule has 0 spiro atoms. The first kappa shape index (κ1) is 11.9. The van der Waals surface area contributed by atoms with Crippen LogP contribution in [-0.2, 0) is 4.79 Å². The molecule has 0 saturated carbocycles. The number of carbonyl (C=O) groups is 1. The Hall–Kier alpha value is -2.16. The van der Waals surface area contributed by atoms with Crippen molar-refractivity contribution >= 4 is 33.9 Å². The van der Waals surface area contributed by atoms with Gasteiger partial charge in [-0.05, 0) is 4.92 Å². The number of thiazole rings is 1. The van der Waals surface area contributed by atoms with E-state index in [1.807, 2.05) is 0 Å². The van der Waals surface area contributed by atoms with Crippen LogP contribution in [0.2, 0.25) is 0 Å². The van der Waals surface area contributed by atoms with Crippen LogP contribution in [0.5, 0.6) is 0 Å². The lowest BCUT2D eigenvalue weighted by molar-refractivity contribution is -0.389. The van der Waals surface area contributed by atoms with Crippen LogP contribution in [0.25, 0.3) is 4.96 Å². The number of hydrogen-bond acceptors (Lipinski definition) is 6. The predicted molar refractivity (Wildman–Crippen MR) is 67.7 cm³/mol. The van der Waals surface area contributed by atoms with Crippen LogP contribution in [-0.4, -0.2) is 38.5 Å². The molecule has 0 aliphatic carbocycles. The summed E-state index contributed by atoms with van der Waals surface area (Å²) in [6.45, 7) is 0.996. The number of rotatable bonds is 4. The molecule has 2 aromatic rings. The molecule has 0 radical (unpaired) electrons. The van der Waals surface area contributed by atoms with Crippen molar-refractivity contribution in [2.24, 2.45) is 5.92 Å². The lowest BCUT2D eigenvalue weighted by atomic mass is 9.96. The van der Waals surface area contributed by atoms with E-state index < -0.39 is 10.9 Å². The second-order valence-electron chi connectivity index (χ2n) is 4.44. The fourth-order valence-electron chi connectivity index (χ4n) is 2.26. The summed E-state index contributed by atoms with van der Waals surface area (Å²) >= 11 is 1.33. The first-order valence-corrected chi connectivity index (χ1v) is 6.51. The largest absolute Gasteiger partial charge is 0.481 e. The van der Waals surface area contributed by atoms with Crippen LogP contribution in [0.4, 0.5) is 11.6 Å². The van der Waals surface area contributed by atoms with Crippen molar-refractivity contribution in [3.63, 3.8) is 0 Å². The zero-order valence-corrected chi connectivity index (χ0v) is 10.5. The Morgan fingerprint density at radius 2 is 2.37 bits per heavy atom. The zero-order valence-electron chi connectivity index (χ0n) is 9.72. The Bertz CT molecular complexity index is 658. The molecule has 0 unspecified atom stereocenters. The van der Waals surface area contributed by atoms with Crippen LogP contribution in [0.15, 0.2) is 11.6 Å². The molecule has 3 rings (SSSR count). The second-order valence-corrected chi connectivity index (χ2v) is 5.31. The van der Waals surface area contributed by atoms with Gasteiger partial charge >= 0.3 is 11.8 Å². The van der Waals surface area contributed by atoms with Gasteiger partial charge in [-0.1, -0.05) is 11.3 Å². The van der Waals surface area contributed by atoms with Crippen molar-refractivity contribution in [3.8, 4) is 0 Å². The Labute approximate surface area is 111 Å². The fraction of sp³-hybridized carbons (Fsp3) is 0.400. The summed E-state index contributed by atoms with van der Waals surface area (Å²) in [7, 11) is 0. The van der Waals surface area contributed by atoms with E-state index in [-0.39, 0.29) is 18.2 Å². The molecule has 0 amide bonds. The van der Waals surface area contributed by atoms with Gasteiger partial charge in [-0.25, -0.2) is 0 Å². The quantitative estimate of drug-likeness (QED) is 0.668. The summed E-state index contributed by atoms with van der Waals surface area (Å²) in [6, 6.07) is 0. The van der Waals surface area contributed by atoms with Crippen molar-refractivity contribution in [2.45, 2.75) is 6.42 Å². The van der Waals surface area contributed by atoms with Crippen LogP contribution < -0.4 is 4.90 Å². The summed E-state index contributed by atoms with van der Waals surface area (Å²) < 4.78 is 1.45. The van der Waals surface area contributed by atoms with Crippen LogP contribution >= 0.6 is 11.3 Å². The molecule has 1 aliphatic rings. The molecule has 1 fully saturated rings. The third-order valence-electron chi connectivity index (χ3n) is 3.11. The van der Waals surface area contributed by atoms with Crippen LogP contribution in [0, 0.1) is 16.0 Å². The van der Waals surface area contributed by atoms with Gasteiger partial charge in [-0.2, -0.15) is 9.38 Å². The molecule has 1 saturated heterocycles. The molecule has 1 N–H and O–H groups in total. The maximum Gasteiger partial charge on any atom is 0.373 e. The summed E-state index contributed by atoms with van der Waals surface area (Å²) in [6.07, 6.45) is 1.70. The maximum atomic E-state index is 11.1. The van der Waals surface area contributed by atoms with Gasteiger partial charge in [-0.3, -0.25) is 4.79 Å². The molecule has 2 aromatic heterocycles.